The molecular weight excluding hydrogens is 556 g/mol. The Bertz CT molecular complexity index is 590. The summed E-state index contributed by atoms with van der Waals surface area (Å²) in [4.78, 5) is 12.2. The van der Waals surface area contributed by atoms with E-state index in [2.05, 4.69) is 26.0 Å². The molecule has 45 heavy (non-hydrogen) atoms. The van der Waals surface area contributed by atoms with Crippen molar-refractivity contribution in [1.29, 1.82) is 0 Å². The van der Waals surface area contributed by atoms with Crippen LogP contribution in [0.3, 0.4) is 0 Å². The Morgan fingerprint density at radius 2 is 0.867 bits per heavy atom. The number of hydrogen-bond acceptors (Lipinski definition) is 4. The first-order chi connectivity index (χ1) is 22.2. The molecule has 0 radical (unpaired) electrons. The molecule has 0 aromatic heterocycles. The minimum Gasteiger partial charge on any atom is -0.457 e. The predicted molar refractivity (Wildman–Crippen MR) is 196 cm³/mol. The van der Waals surface area contributed by atoms with Crippen LogP contribution in [0.2, 0.25) is 0 Å². The van der Waals surface area contributed by atoms with Gasteiger partial charge in [-0.05, 0) is 38.5 Å². The van der Waals surface area contributed by atoms with Crippen LogP contribution in [0, 0.1) is 0 Å². The summed E-state index contributed by atoms with van der Waals surface area (Å²) in [7, 11) is 0. The number of carbonyl (C=O) groups is 1. The van der Waals surface area contributed by atoms with E-state index in [1.54, 1.807) is 0 Å². The van der Waals surface area contributed by atoms with Gasteiger partial charge < -0.3 is 14.6 Å². The topological polar surface area (TPSA) is 55.8 Å². The molecule has 1 unspecified atom stereocenters. The van der Waals surface area contributed by atoms with Crippen LogP contribution in [0.15, 0.2) is 12.2 Å². The summed E-state index contributed by atoms with van der Waals surface area (Å²) < 4.78 is 11.1. The number of hydrogen-bond donors (Lipinski definition) is 1. The van der Waals surface area contributed by atoms with E-state index in [1.807, 2.05) is 0 Å². The first kappa shape index (κ1) is 44.1. The van der Waals surface area contributed by atoms with E-state index in [0.717, 1.165) is 19.3 Å². The van der Waals surface area contributed by atoms with Crippen molar-refractivity contribution in [2.45, 2.75) is 225 Å². The monoisotopic (exact) mass is 637 g/mol. The van der Waals surface area contributed by atoms with Crippen LogP contribution in [-0.4, -0.2) is 37.0 Å². The lowest BCUT2D eigenvalue weighted by atomic mass is 10.0. The second-order valence-electron chi connectivity index (χ2n) is 13.7. The molecule has 4 heteroatoms. The molecule has 0 fully saturated rings. The van der Waals surface area contributed by atoms with Gasteiger partial charge in [0.25, 0.3) is 0 Å². The quantitative estimate of drug-likeness (QED) is 0.0416. The zero-order valence-corrected chi connectivity index (χ0v) is 30.7. The van der Waals surface area contributed by atoms with Crippen molar-refractivity contribution in [3.05, 3.63) is 12.2 Å². The highest BCUT2D eigenvalue weighted by Gasteiger charge is 2.13. The minimum atomic E-state index is -0.528. The number of unbranched alkanes of at least 4 members (excludes halogenated alkanes) is 28. The zero-order chi connectivity index (χ0) is 32.7. The molecule has 0 saturated heterocycles. The van der Waals surface area contributed by atoms with E-state index in [9.17, 15) is 9.90 Å². The molecule has 0 bridgehead atoms. The largest absolute Gasteiger partial charge is 0.457 e. The van der Waals surface area contributed by atoms with Crippen molar-refractivity contribution < 1.29 is 19.4 Å². The van der Waals surface area contributed by atoms with Crippen LogP contribution in [-0.2, 0) is 14.3 Å². The standard InChI is InChI=1S/C41H80O4/c1-3-5-7-9-11-13-15-17-19-20-21-22-23-25-27-29-31-33-35-37-44-39-40(38-42)45-41(43)36-34-32-30-28-26-24-18-16-14-12-10-8-6-4-2/h19-20,40,42H,3-18,21-39H2,1-2H3/b20-19-. The summed E-state index contributed by atoms with van der Waals surface area (Å²) in [5.74, 6) is -0.198. The minimum absolute atomic E-state index is 0.167. The molecule has 4 nitrogen and oxygen atoms in total. The maximum absolute atomic E-state index is 12.2. The number of allylic oxidation sites excluding steroid dienone is 2. The van der Waals surface area contributed by atoms with Gasteiger partial charge in [-0.3, -0.25) is 4.79 Å². The third-order valence-corrected chi connectivity index (χ3v) is 9.09. The van der Waals surface area contributed by atoms with Crippen molar-refractivity contribution in [1.82, 2.24) is 0 Å². The van der Waals surface area contributed by atoms with Crippen LogP contribution in [0.25, 0.3) is 0 Å². The number of carbonyl (C=O) groups excluding carboxylic acids is 1. The molecule has 268 valence electrons. The van der Waals surface area contributed by atoms with Crippen LogP contribution in [0.5, 0.6) is 0 Å². The van der Waals surface area contributed by atoms with Crippen LogP contribution in [0.4, 0.5) is 0 Å². The smallest absolute Gasteiger partial charge is 0.306 e. The highest BCUT2D eigenvalue weighted by molar-refractivity contribution is 5.69. The van der Waals surface area contributed by atoms with E-state index in [-0.39, 0.29) is 12.6 Å². The molecule has 1 N–H and O–H groups in total. The third-order valence-electron chi connectivity index (χ3n) is 9.09. The second kappa shape index (κ2) is 39.3. The van der Waals surface area contributed by atoms with Crippen LogP contribution in [0.1, 0.15) is 219 Å². The fourth-order valence-corrected chi connectivity index (χ4v) is 6.03. The van der Waals surface area contributed by atoms with Crippen molar-refractivity contribution in [3.8, 4) is 0 Å². The average molecular weight is 637 g/mol. The average Bonchev–Trinajstić information content (AvgIpc) is 3.05. The van der Waals surface area contributed by atoms with Gasteiger partial charge in [-0.1, -0.05) is 187 Å². The summed E-state index contributed by atoms with van der Waals surface area (Å²) in [6, 6.07) is 0. The highest BCUT2D eigenvalue weighted by atomic mass is 16.6. The van der Waals surface area contributed by atoms with Crippen LogP contribution >= 0.6 is 0 Å². The maximum atomic E-state index is 12.2. The lowest BCUT2D eigenvalue weighted by Crippen LogP contribution is -2.27. The summed E-state index contributed by atoms with van der Waals surface area (Å²) in [6.07, 6.45) is 45.5. The van der Waals surface area contributed by atoms with E-state index < -0.39 is 6.10 Å². The van der Waals surface area contributed by atoms with E-state index in [1.165, 1.54) is 180 Å². The van der Waals surface area contributed by atoms with Crippen molar-refractivity contribution in [2.75, 3.05) is 19.8 Å². The fourth-order valence-electron chi connectivity index (χ4n) is 6.03. The zero-order valence-electron chi connectivity index (χ0n) is 30.7. The molecule has 0 aliphatic carbocycles. The molecule has 0 amide bonds. The van der Waals surface area contributed by atoms with Gasteiger partial charge in [-0.2, -0.15) is 0 Å². The van der Waals surface area contributed by atoms with Crippen molar-refractivity contribution >= 4 is 5.97 Å². The van der Waals surface area contributed by atoms with Crippen LogP contribution < -0.4 is 0 Å². The van der Waals surface area contributed by atoms with Crippen molar-refractivity contribution in [2.24, 2.45) is 0 Å². The number of ether oxygens (including phenoxy) is 2. The molecule has 0 saturated carbocycles. The van der Waals surface area contributed by atoms with Gasteiger partial charge in [-0.15, -0.1) is 0 Å². The number of aliphatic hydroxyl groups excluding tert-OH is 1. The third kappa shape index (κ3) is 37.5. The SMILES string of the molecule is CCCCCCCCC/C=C\CCCCCCCCCCOCC(CO)OC(=O)CCCCCCCCCCCCCCCC. The van der Waals surface area contributed by atoms with Gasteiger partial charge in [-0.25, -0.2) is 0 Å². The maximum Gasteiger partial charge on any atom is 0.306 e. The Morgan fingerprint density at radius 3 is 1.27 bits per heavy atom. The number of rotatable bonds is 38. The van der Waals surface area contributed by atoms with Gasteiger partial charge in [0, 0.05) is 13.0 Å². The lowest BCUT2D eigenvalue weighted by molar-refractivity contribution is -0.154. The molecule has 0 rings (SSSR count). The number of aliphatic hydroxyl groups is 1. The van der Waals surface area contributed by atoms with E-state index >= 15 is 0 Å². The van der Waals surface area contributed by atoms with E-state index in [4.69, 9.17) is 9.47 Å². The molecule has 1 atom stereocenters. The predicted octanol–water partition coefficient (Wildman–Crippen LogP) is 13.0. The molecule has 0 aliphatic rings. The molecule has 0 heterocycles. The van der Waals surface area contributed by atoms with Gasteiger partial charge in [0.15, 0.2) is 0 Å². The first-order valence-electron chi connectivity index (χ1n) is 20.3. The molecule has 0 spiro atoms. The summed E-state index contributed by atoms with van der Waals surface area (Å²) in [5.41, 5.74) is 0. The van der Waals surface area contributed by atoms with Gasteiger partial charge in [0.1, 0.15) is 6.10 Å². The van der Waals surface area contributed by atoms with Crippen molar-refractivity contribution in [3.63, 3.8) is 0 Å². The Labute approximate surface area is 282 Å². The van der Waals surface area contributed by atoms with E-state index in [0.29, 0.717) is 19.6 Å². The second-order valence-corrected chi connectivity index (χ2v) is 13.7. The normalized spacial score (nSPS) is 12.3. The fraction of sp³-hybridized carbons (Fsp3) is 0.927. The van der Waals surface area contributed by atoms with Gasteiger partial charge >= 0.3 is 5.97 Å². The highest BCUT2D eigenvalue weighted by Crippen LogP contribution is 2.15. The Balaban J connectivity index is 3.39. The van der Waals surface area contributed by atoms with Gasteiger partial charge in [0.2, 0.25) is 0 Å². The Hall–Kier alpha value is -0.870. The summed E-state index contributed by atoms with van der Waals surface area (Å²) in [5, 5.41) is 9.57. The first-order valence-corrected chi connectivity index (χ1v) is 20.3. The molecule has 0 aliphatic heterocycles. The van der Waals surface area contributed by atoms with Gasteiger partial charge in [0.05, 0.1) is 13.2 Å². The summed E-state index contributed by atoms with van der Waals surface area (Å²) in [6.45, 7) is 5.37. The molecular formula is C41H80O4. The molecule has 0 aromatic rings. The number of esters is 1. The Morgan fingerprint density at radius 1 is 0.511 bits per heavy atom. The Kier molecular flexibility index (Phi) is 38.5. The molecule has 0 aromatic carbocycles. The summed E-state index contributed by atoms with van der Waals surface area (Å²) >= 11 is 0. The lowest BCUT2D eigenvalue weighted by Gasteiger charge is -2.16.